The molecule has 0 unspecified atom stereocenters. The maximum absolute atomic E-state index is 11.2. The molecule has 0 spiro atoms. The molecule has 0 fully saturated rings. The summed E-state index contributed by atoms with van der Waals surface area (Å²) in [7, 11) is 0. The van der Waals surface area contributed by atoms with Crippen molar-refractivity contribution in [1.82, 2.24) is 9.97 Å². The molecule has 0 aliphatic rings. The third kappa shape index (κ3) is 4.39. The number of hydrogen-bond donors (Lipinski definition) is 2. The maximum atomic E-state index is 11.2. The first-order valence-corrected chi connectivity index (χ1v) is 6.49. The Morgan fingerprint density at radius 2 is 2.11 bits per heavy atom. The summed E-state index contributed by atoms with van der Waals surface area (Å²) in [6, 6.07) is 0. The van der Waals surface area contributed by atoms with Crippen LogP contribution in [0.5, 0.6) is 0 Å². The first kappa shape index (κ1) is 15.2. The van der Waals surface area contributed by atoms with Gasteiger partial charge in [0.1, 0.15) is 17.5 Å². The fraction of sp³-hybridized carbons (Fsp3) is 0.615. The summed E-state index contributed by atoms with van der Waals surface area (Å²) in [6.07, 6.45) is 0.300. The second kappa shape index (κ2) is 6.92. The summed E-state index contributed by atoms with van der Waals surface area (Å²) in [5.41, 5.74) is 6.66. The molecule has 6 heteroatoms. The molecule has 0 bridgehead atoms. The lowest BCUT2D eigenvalue weighted by Crippen LogP contribution is -2.15. The summed E-state index contributed by atoms with van der Waals surface area (Å²) in [5.74, 6) is 1.83. The van der Waals surface area contributed by atoms with Crippen molar-refractivity contribution >= 4 is 17.6 Å². The molecule has 0 saturated heterocycles. The second-order valence-electron chi connectivity index (χ2n) is 4.58. The molecule has 0 saturated carbocycles. The third-order valence-electron chi connectivity index (χ3n) is 2.64. The van der Waals surface area contributed by atoms with Crippen LogP contribution in [0.25, 0.3) is 0 Å². The van der Waals surface area contributed by atoms with E-state index in [0.717, 1.165) is 5.56 Å². The van der Waals surface area contributed by atoms with Gasteiger partial charge < -0.3 is 15.8 Å². The summed E-state index contributed by atoms with van der Waals surface area (Å²) in [4.78, 5) is 19.9. The number of nitrogen functional groups attached to an aromatic ring is 1. The number of aromatic nitrogens is 2. The Hall–Kier alpha value is -1.85. The molecule has 1 heterocycles. The van der Waals surface area contributed by atoms with E-state index in [0.29, 0.717) is 37.0 Å². The molecule has 0 radical (unpaired) electrons. The van der Waals surface area contributed by atoms with Gasteiger partial charge in [-0.3, -0.25) is 4.79 Å². The van der Waals surface area contributed by atoms with E-state index >= 15 is 0 Å². The monoisotopic (exact) mass is 266 g/mol. The molecule has 106 valence electrons. The van der Waals surface area contributed by atoms with Crippen LogP contribution in [-0.2, 0) is 9.53 Å². The Morgan fingerprint density at radius 1 is 1.42 bits per heavy atom. The van der Waals surface area contributed by atoms with Gasteiger partial charge in [0.15, 0.2) is 0 Å². The molecule has 6 nitrogen and oxygen atoms in total. The molecule has 0 aliphatic heterocycles. The standard InChI is InChI=1S/C13H22N4O2/c1-5-19-10(18)6-7-15-13-9(4)11(14)16-12(17-13)8(2)3/h8H,5-7H2,1-4H3,(H3,14,15,16,17). The van der Waals surface area contributed by atoms with Gasteiger partial charge in [-0.05, 0) is 13.8 Å². The first-order chi connectivity index (χ1) is 8.95. The minimum atomic E-state index is -0.223. The zero-order valence-corrected chi connectivity index (χ0v) is 12.0. The van der Waals surface area contributed by atoms with Crippen LogP contribution in [-0.4, -0.2) is 29.1 Å². The van der Waals surface area contributed by atoms with Crippen molar-refractivity contribution < 1.29 is 9.53 Å². The highest BCUT2D eigenvalue weighted by atomic mass is 16.5. The fourth-order valence-electron chi connectivity index (χ4n) is 1.50. The van der Waals surface area contributed by atoms with Crippen molar-refractivity contribution in [3.63, 3.8) is 0 Å². The van der Waals surface area contributed by atoms with Gasteiger partial charge in [0.25, 0.3) is 0 Å². The molecule has 3 N–H and O–H groups in total. The maximum Gasteiger partial charge on any atom is 0.307 e. The highest BCUT2D eigenvalue weighted by Gasteiger charge is 2.11. The Kier molecular flexibility index (Phi) is 5.54. The number of ether oxygens (including phenoxy) is 1. The SMILES string of the molecule is CCOC(=O)CCNc1nc(C(C)C)nc(N)c1C. The van der Waals surface area contributed by atoms with Gasteiger partial charge in [0.2, 0.25) is 0 Å². The van der Waals surface area contributed by atoms with E-state index in [1.807, 2.05) is 20.8 Å². The average molecular weight is 266 g/mol. The third-order valence-corrected chi connectivity index (χ3v) is 2.64. The van der Waals surface area contributed by atoms with Crippen molar-refractivity contribution in [3.8, 4) is 0 Å². The first-order valence-electron chi connectivity index (χ1n) is 6.49. The fourth-order valence-corrected chi connectivity index (χ4v) is 1.50. The number of nitrogens with zero attached hydrogens (tertiary/aromatic N) is 2. The molecule has 0 atom stereocenters. The topological polar surface area (TPSA) is 90.1 Å². The van der Waals surface area contributed by atoms with Crippen LogP contribution in [0, 0.1) is 6.92 Å². The minimum absolute atomic E-state index is 0.202. The predicted molar refractivity (Wildman–Crippen MR) is 75.0 cm³/mol. The van der Waals surface area contributed by atoms with Crippen LogP contribution < -0.4 is 11.1 Å². The van der Waals surface area contributed by atoms with Crippen LogP contribution in [0.3, 0.4) is 0 Å². The molecule has 1 aromatic rings. The van der Waals surface area contributed by atoms with E-state index in [2.05, 4.69) is 15.3 Å². The number of carbonyl (C=O) groups is 1. The number of esters is 1. The van der Waals surface area contributed by atoms with Crippen molar-refractivity contribution in [2.45, 2.75) is 40.0 Å². The number of nitrogens with one attached hydrogen (secondary N) is 1. The number of carbonyl (C=O) groups excluding carboxylic acids is 1. The molecule has 19 heavy (non-hydrogen) atoms. The summed E-state index contributed by atoms with van der Waals surface area (Å²) < 4.78 is 4.86. The summed E-state index contributed by atoms with van der Waals surface area (Å²) >= 11 is 0. The lowest BCUT2D eigenvalue weighted by atomic mass is 10.2. The van der Waals surface area contributed by atoms with E-state index in [9.17, 15) is 4.79 Å². The molecule has 0 amide bonds. The largest absolute Gasteiger partial charge is 0.466 e. The van der Waals surface area contributed by atoms with E-state index < -0.39 is 0 Å². The van der Waals surface area contributed by atoms with Crippen molar-refractivity contribution in [2.75, 3.05) is 24.2 Å². The Bertz CT molecular complexity index is 447. The van der Waals surface area contributed by atoms with Gasteiger partial charge in [-0.2, -0.15) is 0 Å². The smallest absolute Gasteiger partial charge is 0.307 e. The number of nitrogens with two attached hydrogens (primary N) is 1. The lowest BCUT2D eigenvalue weighted by Gasteiger charge is -2.13. The number of hydrogen-bond acceptors (Lipinski definition) is 6. The summed E-state index contributed by atoms with van der Waals surface area (Å²) in [6.45, 7) is 8.52. The van der Waals surface area contributed by atoms with Gasteiger partial charge in [-0.25, -0.2) is 9.97 Å². The minimum Gasteiger partial charge on any atom is -0.466 e. The zero-order chi connectivity index (χ0) is 14.4. The Morgan fingerprint density at radius 3 is 2.68 bits per heavy atom. The van der Waals surface area contributed by atoms with E-state index in [-0.39, 0.29) is 11.9 Å². The predicted octanol–water partition coefficient (Wildman–Crippen LogP) is 1.86. The lowest BCUT2D eigenvalue weighted by molar-refractivity contribution is -0.142. The Balaban J connectivity index is 2.69. The van der Waals surface area contributed by atoms with Gasteiger partial charge in [-0.1, -0.05) is 13.8 Å². The molecule has 0 aromatic carbocycles. The van der Waals surface area contributed by atoms with E-state index in [1.165, 1.54) is 0 Å². The molecule has 0 aliphatic carbocycles. The van der Waals surface area contributed by atoms with Crippen molar-refractivity contribution in [2.24, 2.45) is 0 Å². The van der Waals surface area contributed by atoms with Crippen LogP contribution in [0.1, 0.15) is 44.5 Å². The zero-order valence-electron chi connectivity index (χ0n) is 12.0. The van der Waals surface area contributed by atoms with Crippen molar-refractivity contribution in [1.29, 1.82) is 0 Å². The highest BCUT2D eigenvalue weighted by Crippen LogP contribution is 2.20. The van der Waals surface area contributed by atoms with Crippen LogP contribution in [0.15, 0.2) is 0 Å². The van der Waals surface area contributed by atoms with Crippen molar-refractivity contribution in [3.05, 3.63) is 11.4 Å². The summed E-state index contributed by atoms with van der Waals surface area (Å²) in [5, 5.41) is 3.11. The molecular formula is C13H22N4O2. The van der Waals surface area contributed by atoms with Crippen LogP contribution in [0.4, 0.5) is 11.6 Å². The average Bonchev–Trinajstić information content (AvgIpc) is 2.34. The van der Waals surface area contributed by atoms with Crippen LogP contribution >= 0.6 is 0 Å². The number of rotatable bonds is 6. The Labute approximate surface area is 113 Å². The number of anilines is 2. The van der Waals surface area contributed by atoms with E-state index in [1.54, 1.807) is 6.92 Å². The molecular weight excluding hydrogens is 244 g/mol. The second-order valence-corrected chi connectivity index (χ2v) is 4.58. The highest BCUT2D eigenvalue weighted by molar-refractivity contribution is 5.70. The van der Waals surface area contributed by atoms with Gasteiger partial charge in [-0.15, -0.1) is 0 Å². The van der Waals surface area contributed by atoms with Crippen LogP contribution in [0.2, 0.25) is 0 Å². The molecule has 1 rings (SSSR count). The van der Waals surface area contributed by atoms with Gasteiger partial charge in [0, 0.05) is 18.0 Å². The van der Waals surface area contributed by atoms with Gasteiger partial charge >= 0.3 is 5.97 Å². The van der Waals surface area contributed by atoms with Gasteiger partial charge in [0.05, 0.1) is 13.0 Å². The van der Waals surface area contributed by atoms with E-state index in [4.69, 9.17) is 10.5 Å². The normalized spacial score (nSPS) is 10.6. The quantitative estimate of drug-likeness (QED) is 0.764. The molecule has 1 aromatic heterocycles.